The minimum atomic E-state index is -3.64. The maximum absolute atomic E-state index is 12.7. The van der Waals surface area contributed by atoms with Crippen molar-refractivity contribution in [2.45, 2.75) is 56.4 Å². The summed E-state index contributed by atoms with van der Waals surface area (Å²) in [6, 6.07) is 13.6. The molecule has 1 aliphatic rings. The number of hydrogen-bond acceptors (Lipinski definition) is 3. The van der Waals surface area contributed by atoms with Gasteiger partial charge in [-0.2, -0.15) is 0 Å². The summed E-state index contributed by atoms with van der Waals surface area (Å²) in [6.45, 7) is 1.95. The zero-order valence-electron chi connectivity index (χ0n) is 15.6. The molecule has 144 valence electrons. The molecule has 1 saturated carbocycles. The minimum absolute atomic E-state index is 0.0257. The third kappa shape index (κ3) is 5.40. The molecule has 1 aliphatic carbocycles. The van der Waals surface area contributed by atoms with E-state index in [1.54, 1.807) is 18.2 Å². The lowest BCUT2D eigenvalue weighted by atomic mass is 10.1. The lowest BCUT2D eigenvalue weighted by molar-refractivity contribution is 0.102. The highest BCUT2D eigenvalue weighted by molar-refractivity contribution is 7.89. The molecule has 0 saturated heterocycles. The Bertz CT molecular complexity index is 901. The Morgan fingerprint density at radius 2 is 1.67 bits per heavy atom. The summed E-state index contributed by atoms with van der Waals surface area (Å²) in [5, 5.41) is 2.81. The predicted molar refractivity (Wildman–Crippen MR) is 107 cm³/mol. The van der Waals surface area contributed by atoms with E-state index in [-0.39, 0.29) is 16.8 Å². The van der Waals surface area contributed by atoms with Crippen LogP contribution in [0.1, 0.15) is 54.4 Å². The second-order valence-electron chi connectivity index (χ2n) is 7.16. The molecular formula is C21H26N2O3S. The van der Waals surface area contributed by atoms with Crippen molar-refractivity contribution in [2.75, 3.05) is 5.32 Å². The zero-order valence-corrected chi connectivity index (χ0v) is 16.4. The monoisotopic (exact) mass is 386 g/mol. The molecule has 0 bridgehead atoms. The lowest BCUT2D eigenvalue weighted by Gasteiger charge is -2.16. The van der Waals surface area contributed by atoms with Crippen LogP contribution in [0.15, 0.2) is 53.4 Å². The Balaban J connectivity index is 1.74. The average Bonchev–Trinajstić information content (AvgIpc) is 2.90. The largest absolute Gasteiger partial charge is 0.322 e. The summed E-state index contributed by atoms with van der Waals surface area (Å²) >= 11 is 0. The number of anilines is 1. The van der Waals surface area contributed by atoms with Gasteiger partial charge >= 0.3 is 0 Å². The topological polar surface area (TPSA) is 75.3 Å². The molecule has 2 aromatic rings. The fourth-order valence-corrected chi connectivity index (χ4v) is 4.77. The first-order valence-electron chi connectivity index (χ1n) is 9.44. The van der Waals surface area contributed by atoms with Crippen LogP contribution < -0.4 is 10.0 Å². The zero-order chi connectivity index (χ0) is 19.3. The summed E-state index contributed by atoms with van der Waals surface area (Å²) < 4.78 is 28.3. The molecule has 1 amide bonds. The average molecular weight is 387 g/mol. The van der Waals surface area contributed by atoms with Gasteiger partial charge in [0.15, 0.2) is 0 Å². The molecule has 0 spiro atoms. The van der Waals surface area contributed by atoms with Crippen molar-refractivity contribution in [3.05, 3.63) is 59.7 Å². The van der Waals surface area contributed by atoms with Crippen LogP contribution in [0.3, 0.4) is 0 Å². The van der Waals surface area contributed by atoms with Crippen LogP contribution in [0, 0.1) is 6.92 Å². The Kier molecular flexibility index (Phi) is 6.29. The molecule has 0 radical (unpaired) electrons. The number of carbonyl (C=O) groups is 1. The van der Waals surface area contributed by atoms with Crippen LogP contribution in [-0.2, 0) is 10.0 Å². The molecule has 6 heteroatoms. The third-order valence-corrected chi connectivity index (χ3v) is 6.38. The van der Waals surface area contributed by atoms with E-state index < -0.39 is 10.0 Å². The van der Waals surface area contributed by atoms with E-state index in [0.717, 1.165) is 44.1 Å². The van der Waals surface area contributed by atoms with Gasteiger partial charge in [0.25, 0.3) is 5.91 Å². The standard InChI is InChI=1S/C21H26N2O3S/c1-16-8-6-12-19(14-16)22-21(24)17-9-7-13-20(15-17)27(25,26)23-18-10-4-2-3-5-11-18/h6-9,12-15,18,23H,2-5,10-11H2,1H3,(H,22,24). The van der Waals surface area contributed by atoms with Gasteiger partial charge in [-0.3, -0.25) is 4.79 Å². The van der Waals surface area contributed by atoms with Crippen molar-refractivity contribution >= 4 is 21.6 Å². The Morgan fingerprint density at radius 1 is 0.963 bits per heavy atom. The Hall–Kier alpha value is -2.18. The number of benzene rings is 2. The summed E-state index contributed by atoms with van der Waals surface area (Å²) in [4.78, 5) is 12.6. The molecule has 27 heavy (non-hydrogen) atoms. The first-order chi connectivity index (χ1) is 12.9. The molecule has 2 N–H and O–H groups in total. The highest BCUT2D eigenvalue weighted by atomic mass is 32.2. The van der Waals surface area contributed by atoms with Crippen LogP contribution in [-0.4, -0.2) is 20.4 Å². The van der Waals surface area contributed by atoms with Gasteiger partial charge < -0.3 is 5.32 Å². The highest BCUT2D eigenvalue weighted by Gasteiger charge is 2.22. The van der Waals surface area contributed by atoms with Gasteiger partial charge in [0.05, 0.1) is 4.90 Å². The number of hydrogen-bond donors (Lipinski definition) is 2. The van der Waals surface area contributed by atoms with Gasteiger partial charge in [-0.15, -0.1) is 0 Å². The molecule has 0 aliphatic heterocycles. The lowest BCUT2D eigenvalue weighted by Crippen LogP contribution is -2.34. The maximum atomic E-state index is 12.7. The van der Waals surface area contributed by atoms with Crippen LogP contribution >= 0.6 is 0 Å². The van der Waals surface area contributed by atoms with Gasteiger partial charge in [0, 0.05) is 17.3 Å². The normalized spacial score (nSPS) is 15.9. The Morgan fingerprint density at radius 3 is 2.37 bits per heavy atom. The molecule has 0 atom stereocenters. The van der Waals surface area contributed by atoms with Crippen molar-refractivity contribution in [3.63, 3.8) is 0 Å². The highest BCUT2D eigenvalue weighted by Crippen LogP contribution is 2.20. The number of carbonyl (C=O) groups excluding carboxylic acids is 1. The van der Waals surface area contributed by atoms with Gasteiger partial charge in [-0.1, -0.05) is 43.9 Å². The molecule has 0 heterocycles. The van der Waals surface area contributed by atoms with Crippen molar-refractivity contribution in [3.8, 4) is 0 Å². The predicted octanol–water partition coefficient (Wildman–Crippen LogP) is 4.25. The van der Waals surface area contributed by atoms with Gasteiger partial charge in [0.1, 0.15) is 0 Å². The van der Waals surface area contributed by atoms with Crippen molar-refractivity contribution < 1.29 is 13.2 Å². The second kappa shape index (κ2) is 8.67. The smallest absolute Gasteiger partial charge is 0.255 e. The van der Waals surface area contributed by atoms with Crippen molar-refractivity contribution in [1.82, 2.24) is 4.72 Å². The summed E-state index contributed by atoms with van der Waals surface area (Å²) in [5.74, 6) is -0.327. The summed E-state index contributed by atoms with van der Waals surface area (Å²) in [7, 11) is -3.64. The van der Waals surface area contributed by atoms with Crippen LogP contribution in [0.25, 0.3) is 0 Å². The molecule has 0 aromatic heterocycles. The van der Waals surface area contributed by atoms with Crippen LogP contribution in [0.5, 0.6) is 0 Å². The molecule has 3 rings (SSSR count). The molecule has 5 nitrogen and oxygen atoms in total. The van der Waals surface area contributed by atoms with E-state index in [1.165, 1.54) is 12.1 Å². The van der Waals surface area contributed by atoms with Gasteiger partial charge in [-0.05, 0) is 55.7 Å². The van der Waals surface area contributed by atoms with Crippen LogP contribution in [0.4, 0.5) is 5.69 Å². The van der Waals surface area contributed by atoms with E-state index in [1.807, 2.05) is 25.1 Å². The molecular weight excluding hydrogens is 360 g/mol. The number of amides is 1. The van der Waals surface area contributed by atoms with E-state index in [9.17, 15) is 13.2 Å². The number of nitrogens with one attached hydrogen (secondary N) is 2. The fraction of sp³-hybridized carbons (Fsp3) is 0.381. The van der Waals surface area contributed by atoms with E-state index in [2.05, 4.69) is 10.0 Å². The summed E-state index contributed by atoms with van der Waals surface area (Å²) in [6.07, 6.45) is 6.15. The Labute approximate surface area is 161 Å². The van der Waals surface area contributed by atoms with Crippen LogP contribution in [0.2, 0.25) is 0 Å². The van der Waals surface area contributed by atoms with Crippen molar-refractivity contribution in [2.24, 2.45) is 0 Å². The fourth-order valence-electron chi connectivity index (χ4n) is 3.42. The molecule has 2 aromatic carbocycles. The maximum Gasteiger partial charge on any atom is 0.255 e. The van der Waals surface area contributed by atoms with Gasteiger partial charge in [0.2, 0.25) is 10.0 Å². The number of rotatable bonds is 5. The summed E-state index contributed by atoms with van der Waals surface area (Å²) in [5.41, 5.74) is 2.04. The first-order valence-corrected chi connectivity index (χ1v) is 10.9. The SMILES string of the molecule is Cc1cccc(NC(=O)c2cccc(S(=O)(=O)NC3CCCCCC3)c2)c1. The minimum Gasteiger partial charge on any atom is -0.322 e. The van der Waals surface area contributed by atoms with Gasteiger partial charge in [-0.25, -0.2) is 13.1 Å². The number of sulfonamides is 1. The molecule has 1 fully saturated rings. The first kappa shape index (κ1) is 19.6. The quantitative estimate of drug-likeness (QED) is 0.755. The van der Waals surface area contributed by atoms with E-state index in [0.29, 0.717) is 11.3 Å². The van der Waals surface area contributed by atoms with E-state index >= 15 is 0 Å². The second-order valence-corrected chi connectivity index (χ2v) is 8.88. The number of aryl methyl sites for hydroxylation is 1. The van der Waals surface area contributed by atoms with E-state index in [4.69, 9.17) is 0 Å². The van der Waals surface area contributed by atoms with Crippen molar-refractivity contribution in [1.29, 1.82) is 0 Å². The molecule has 0 unspecified atom stereocenters. The third-order valence-electron chi connectivity index (χ3n) is 4.86.